The van der Waals surface area contributed by atoms with Gasteiger partial charge in [-0.1, -0.05) is 11.6 Å². The van der Waals surface area contributed by atoms with Gasteiger partial charge >= 0.3 is 0 Å². The normalized spacial score (nSPS) is 10.8. The molecule has 3 aromatic rings. The van der Waals surface area contributed by atoms with Crippen LogP contribution in [0, 0.1) is 5.82 Å². The lowest BCUT2D eigenvalue weighted by Gasteiger charge is -2.08. The van der Waals surface area contributed by atoms with Crippen LogP contribution in [0.15, 0.2) is 29.6 Å². The van der Waals surface area contributed by atoms with Crippen molar-refractivity contribution < 1.29 is 9.13 Å². The Morgan fingerprint density at radius 2 is 2.15 bits per heavy atom. The van der Waals surface area contributed by atoms with Crippen molar-refractivity contribution in [2.75, 3.05) is 12.4 Å². The number of anilines is 1. The van der Waals surface area contributed by atoms with Crippen LogP contribution in [0.25, 0.3) is 10.2 Å². The Morgan fingerprint density at radius 3 is 2.90 bits per heavy atom. The second-order valence-corrected chi connectivity index (χ2v) is 5.22. The van der Waals surface area contributed by atoms with Gasteiger partial charge in [-0.3, -0.25) is 0 Å². The predicted octanol–water partition coefficient (Wildman–Crippen LogP) is 4.32. The average molecular weight is 310 g/mol. The van der Waals surface area contributed by atoms with E-state index in [-0.39, 0.29) is 5.02 Å². The Morgan fingerprint density at radius 1 is 1.30 bits per heavy atom. The minimum absolute atomic E-state index is 0.00644. The summed E-state index contributed by atoms with van der Waals surface area (Å²) in [7, 11) is 1.73. The molecule has 0 radical (unpaired) electrons. The molecule has 0 spiro atoms. The van der Waals surface area contributed by atoms with Crippen LogP contribution in [0.3, 0.4) is 0 Å². The van der Waals surface area contributed by atoms with E-state index in [0.717, 1.165) is 10.2 Å². The summed E-state index contributed by atoms with van der Waals surface area (Å²) in [6.07, 6.45) is 0. The molecule has 7 heteroatoms. The molecular formula is C13H9ClFN3OS. The Labute approximate surface area is 123 Å². The minimum atomic E-state index is -0.488. The van der Waals surface area contributed by atoms with Crippen molar-refractivity contribution in [1.29, 1.82) is 0 Å². The maximum Gasteiger partial charge on any atom is 0.232 e. The lowest BCUT2D eigenvalue weighted by atomic mass is 10.3. The number of hydrogen-bond acceptors (Lipinski definition) is 5. The van der Waals surface area contributed by atoms with Gasteiger partial charge in [-0.05, 0) is 23.6 Å². The summed E-state index contributed by atoms with van der Waals surface area (Å²) in [6.45, 7) is 0. The molecule has 0 aliphatic carbocycles. The van der Waals surface area contributed by atoms with Crippen LogP contribution in [-0.2, 0) is 0 Å². The van der Waals surface area contributed by atoms with Crippen molar-refractivity contribution >= 4 is 39.1 Å². The summed E-state index contributed by atoms with van der Waals surface area (Å²) in [4.78, 5) is 9.39. The molecule has 20 heavy (non-hydrogen) atoms. The van der Waals surface area contributed by atoms with Gasteiger partial charge in [0.2, 0.25) is 11.8 Å². The predicted molar refractivity (Wildman–Crippen MR) is 78.4 cm³/mol. The second kappa shape index (κ2) is 5.22. The highest BCUT2D eigenvalue weighted by Gasteiger charge is 2.11. The number of benzene rings is 1. The molecule has 0 saturated carbocycles. The molecule has 2 heterocycles. The van der Waals surface area contributed by atoms with E-state index in [1.165, 1.54) is 29.5 Å². The first-order valence-corrected chi connectivity index (χ1v) is 6.99. The highest BCUT2D eigenvalue weighted by molar-refractivity contribution is 7.16. The molecule has 0 bridgehead atoms. The average Bonchev–Trinajstić information content (AvgIpc) is 2.91. The molecule has 102 valence electrons. The first-order valence-electron chi connectivity index (χ1n) is 5.73. The van der Waals surface area contributed by atoms with Gasteiger partial charge in [0, 0.05) is 13.1 Å². The Bertz CT molecular complexity index is 777. The van der Waals surface area contributed by atoms with Crippen molar-refractivity contribution in [2.24, 2.45) is 0 Å². The van der Waals surface area contributed by atoms with Gasteiger partial charge in [0.25, 0.3) is 0 Å². The SMILES string of the molecule is CNc1nc(Oc2ccc(F)c(Cl)c2)c2ccsc2n1. The number of aromatic nitrogens is 2. The number of rotatable bonds is 3. The van der Waals surface area contributed by atoms with Gasteiger partial charge in [-0.15, -0.1) is 11.3 Å². The van der Waals surface area contributed by atoms with Crippen LogP contribution in [0.1, 0.15) is 0 Å². The van der Waals surface area contributed by atoms with Crippen LogP contribution >= 0.6 is 22.9 Å². The van der Waals surface area contributed by atoms with Crippen LogP contribution in [0.4, 0.5) is 10.3 Å². The summed E-state index contributed by atoms with van der Waals surface area (Å²) >= 11 is 7.23. The van der Waals surface area contributed by atoms with Crippen LogP contribution in [-0.4, -0.2) is 17.0 Å². The standard InChI is InChI=1S/C13H9ClFN3OS/c1-16-13-17-11(8-4-5-20-12(8)18-13)19-7-2-3-10(15)9(14)6-7/h2-6H,1H3,(H,16,17,18). The topological polar surface area (TPSA) is 47.0 Å². The third-order valence-corrected chi connectivity index (χ3v) is 3.72. The first kappa shape index (κ1) is 13.1. The van der Waals surface area contributed by atoms with E-state index >= 15 is 0 Å². The fourth-order valence-corrected chi connectivity index (χ4v) is 2.59. The maximum atomic E-state index is 13.1. The van der Waals surface area contributed by atoms with Crippen molar-refractivity contribution in [3.8, 4) is 11.6 Å². The van der Waals surface area contributed by atoms with E-state index in [9.17, 15) is 4.39 Å². The number of nitrogens with zero attached hydrogens (tertiary/aromatic N) is 2. The van der Waals surface area contributed by atoms with E-state index in [1.54, 1.807) is 7.05 Å². The molecule has 1 aromatic carbocycles. The van der Waals surface area contributed by atoms with Gasteiger partial charge in [0.05, 0.1) is 10.4 Å². The molecule has 0 aliphatic heterocycles. The third kappa shape index (κ3) is 2.39. The molecule has 3 rings (SSSR count). The molecule has 0 saturated heterocycles. The molecular weight excluding hydrogens is 301 g/mol. The zero-order valence-corrected chi connectivity index (χ0v) is 11.9. The van der Waals surface area contributed by atoms with Gasteiger partial charge in [0.1, 0.15) is 16.4 Å². The fraction of sp³-hybridized carbons (Fsp3) is 0.0769. The number of halogens is 2. The van der Waals surface area contributed by atoms with E-state index in [1.807, 2.05) is 11.4 Å². The summed E-state index contributed by atoms with van der Waals surface area (Å²) in [5.74, 6) is 0.800. The number of thiophene rings is 1. The third-order valence-electron chi connectivity index (χ3n) is 2.62. The van der Waals surface area contributed by atoms with Crippen LogP contribution < -0.4 is 10.1 Å². The number of ether oxygens (including phenoxy) is 1. The maximum absolute atomic E-state index is 13.1. The van der Waals surface area contributed by atoms with Crippen LogP contribution in [0.2, 0.25) is 5.02 Å². The molecule has 0 fully saturated rings. The van der Waals surface area contributed by atoms with Crippen molar-refractivity contribution in [3.63, 3.8) is 0 Å². The van der Waals surface area contributed by atoms with Crippen LogP contribution in [0.5, 0.6) is 11.6 Å². The molecule has 0 atom stereocenters. The van der Waals surface area contributed by atoms with E-state index < -0.39 is 5.82 Å². The Balaban J connectivity index is 2.04. The van der Waals surface area contributed by atoms with Gasteiger partial charge < -0.3 is 10.1 Å². The smallest absolute Gasteiger partial charge is 0.232 e. The van der Waals surface area contributed by atoms with Crippen molar-refractivity contribution in [3.05, 3.63) is 40.5 Å². The largest absolute Gasteiger partial charge is 0.438 e. The Kier molecular flexibility index (Phi) is 3.42. The monoisotopic (exact) mass is 309 g/mol. The molecule has 0 unspecified atom stereocenters. The highest BCUT2D eigenvalue weighted by atomic mass is 35.5. The zero-order chi connectivity index (χ0) is 14.1. The Hall–Kier alpha value is -1.92. The number of nitrogens with one attached hydrogen (secondary N) is 1. The second-order valence-electron chi connectivity index (χ2n) is 3.92. The number of fused-ring (bicyclic) bond motifs is 1. The first-order chi connectivity index (χ1) is 9.67. The zero-order valence-electron chi connectivity index (χ0n) is 10.4. The van der Waals surface area contributed by atoms with Gasteiger partial charge in [0.15, 0.2) is 0 Å². The minimum Gasteiger partial charge on any atom is -0.438 e. The quantitative estimate of drug-likeness (QED) is 0.783. The summed E-state index contributed by atoms with van der Waals surface area (Å²) in [5.41, 5.74) is 0. The molecule has 2 aromatic heterocycles. The summed E-state index contributed by atoms with van der Waals surface area (Å²) < 4.78 is 18.8. The molecule has 0 aliphatic rings. The molecule has 4 nitrogen and oxygen atoms in total. The van der Waals surface area contributed by atoms with E-state index in [4.69, 9.17) is 16.3 Å². The molecule has 1 N–H and O–H groups in total. The highest BCUT2D eigenvalue weighted by Crippen LogP contribution is 2.32. The van der Waals surface area contributed by atoms with E-state index in [0.29, 0.717) is 17.6 Å². The van der Waals surface area contributed by atoms with Crippen molar-refractivity contribution in [2.45, 2.75) is 0 Å². The van der Waals surface area contributed by atoms with Gasteiger partial charge in [-0.25, -0.2) is 9.37 Å². The van der Waals surface area contributed by atoms with E-state index in [2.05, 4.69) is 15.3 Å². The summed E-state index contributed by atoms with van der Waals surface area (Å²) in [6, 6.07) is 6.04. The summed E-state index contributed by atoms with van der Waals surface area (Å²) in [5, 5.41) is 5.59. The lowest BCUT2D eigenvalue weighted by molar-refractivity contribution is 0.467. The van der Waals surface area contributed by atoms with Crippen molar-refractivity contribution in [1.82, 2.24) is 9.97 Å². The molecule has 0 amide bonds. The fourth-order valence-electron chi connectivity index (χ4n) is 1.67. The lowest BCUT2D eigenvalue weighted by Crippen LogP contribution is -1.98. The number of hydrogen-bond donors (Lipinski definition) is 1. The van der Waals surface area contributed by atoms with Gasteiger partial charge in [-0.2, -0.15) is 4.98 Å².